The molecule has 0 aliphatic rings. The van der Waals surface area contributed by atoms with E-state index < -0.39 is 11.2 Å². The number of rotatable bonds is 9. The fraction of sp³-hybridized carbons (Fsp3) is 0.600. The van der Waals surface area contributed by atoms with Crippen LogP contribution < -0.4 is 0 Å². The van der Waals surface area contributed by atoms with E-state index >= 15 is 0 Å². The maximum absolute atomic E-state index is 12.1. The van der Waals surface area contributed by atoms with Gasteiger partial charge >= 0.3 is 11.9 Å². The number of hydrogen-bond donors (Lipinski definition) is 0. The van der Waals surface area contributed by atoms with Crippen molar-refractivity contribution in [3.05, 3.63) is 35.9 Å². The fourth-order valence-electron chi connectivity index (χ4n) is 2.51. The van der Waals surface area contributed by atoms with Crippen LogP contribution >= 0.6 is 0 Å². The first-order valence-electron chi connectivity index (χ1n) is 8.71. The largest absolute Gasteiger partial charge is 0.455 e. The molecule has 0 radical (unpaired) electrons. The Morgan fingerprint density at radius 1 is 0.875 bits per heavy atom. The van der Waals surface area contributed by atoms with E-state index in [1.54, 1.807) is 0 Å². The quantitative estimate of drug-likeness (QED) is 0.626. The van der Waals surface area contributed by atoms with Crippen LogP contribution in [-0.4, -0.2) is 23.1 Å². The summed E-state index contributed by atoms with van der Waals surface area (Å²) in [5.74, 6) is -0.538. The number of carbonyl (C=O) groups is 2. The Kier molecular flexibility index (Phi) is 7.46. The van der Waals surface area contributed by atoms with Crippen molar-refractivity contribution in [1.82, 2.24) is 0 Å². The second-order valence-corrected chi connectivity index (χ2v) is 6.85. The van der Waals surface area contributed by atoms with Crippen LogP contribution in [0.25, 0.3) is 0 Å². The summed E-state index contributed by atoms with van der Waals surface area (Å²) in [6.45, 7) is 9.32. The Morgan fingerprint density at radius 3 is 1.88 bits per heavy atom. The summed E-state index contributed by atoms with van der Waals surface area (Å²) in [5, 5.41) is 0. The zero-order valence-electron chi connectivity index (χ0n) is 15.6. The molecule has 4 heteroatoms. The predicted octanol–water partition coefficient (Wildman–Crippen LogP) is 4.45. The number of benzene rings is 1. The number of ether oxygens (including phenoxy) is 2. The Balaban J connectivity index is 3.06. The van der Waals surface area contributed by atoms with Crippen molar-refractivity contribution < 1.29 is 19.1 Å². The molecular formula is C20H30O4. The van der Waals surface area contributed by atoms with Crippen LogP contribution in [0.3, 0.4) is 0 Å². The SMILES string of the molecule is CCCC(=O)OC(C)(C)C(C)(Cc1ccccc1)OC(=O)CCC. The van der Waals surface area contributed by atoms with Crippen molar-refractivity contribution in [2.24, 2.45) is 0 Å². The number of esters is 2. The predicted molar refractivity (Wildman–Crippen MR) is 94.6 cm³/mol. The fourth-order valence-corrected chi connectivity index (χ4v) is 2.51. The molecule has 134 valence electrons. The molecule has 1 atom stereocenters. The lowest BCUT2D eigenvalue weighted by atomic mass is 9.81. The van der Waals surface area contributed by atoms with E-state index in [0.717, 1.165) is 18.4 Å². The molecule has 1 rings (SSSR count). The van der Waals surface area contributed by atoms with E-state index in [1.807, 2.05) is 65.0 Å². The van der Waals surface area contributed by atoms with E-state index in [4.69, 9.17) is 9.47 Å². The van der Waals surface area contributed by atoms with E-state index in [0.29, 0.717) is 19.3 Å². The van der Waals surface area contributed by atoms with Crippen molar-refractivity contribution in [3.63, 3.8) is 0 Å². The summed E-state index contributed by atoms with van der Waals surface area (Å²) in [6.07, 6.45) is 2.63. The maximum Gasteiger partial charge on any atom is 0.306 e. The molecule has 0 bridgehead atoms. The summed E-state index contributed by atoms with van der Waals surface area (Å²) < 4.78 is 11.5. The summed E-state index contributed by atoms with van der Waals surface area (Å²) in [6, 6.07) is 9.79. The molecule has 0 aliphatic carbocycles. The minimum Gasteiger partial charge on any atom is -0.455 e. The molecule has 0 heterocycles. The maximum atomic E-state index is 12.1. The zero-order chi connectivity index (χ0) is 18.2. The van der Waals surface area contributed by atoms with Gasteiger partial charge in [0.1, 0.15) is 5.60 Å². The van der Waals surface area contributed by atoms with E-state index in [-0.39, 0.29) is 11.9 Å². The molecule has 0 saturated heterocycles. The van der Waals surface area contributed by atoms with Gasteiger partial charge in [0.25, 0.3) is 0 Å². The third-order valence-corrected chi connectivity index (χ3v) is 4.27. The molecule has 24 heavy (non-hydrogen) atoms. The molecule has 0 N–H and O–H groups in total. The van der Waals surface area contributed by atoms with Gasteiger partial charge in [0, 0.05) is 19.3 Å². The first-order valence-corrected chi connectivity index (χ1v) is 8.71. The molecule has 0 saturated carbocycles. The van der Waals surface area contributed by atoms with Gasteiger partial charge < -0.3 is 9.47 Å². The van der Waals surface area contributed by atoms with Crippen LogP contribution in [-0.2, 0) is 25.5 Å². The van der Waals surface area contributed by atoms with Gasteiger partial charge in [0.05, 0.1) is 0 Å². The van der Waals surface area contributed by atoms with E-state index in [9.17, 15) is 9.59 Å². The minimum absolute atomic E-state index is 0.268. The lowest BCUT2D eigenvalue weighted by molar-refractivity contribution is -0.203. The summed E-state index contributed by atoms with van der Waals surface area (Å²) in [5.41, 5.74) is -0.841. The molecule has 0 amide bonds. The van der Waals surface area contributed by atoms with Crippen molar-refractivity contribution >= 4 is 11.9 Å². The van der Waals surface area contributed by atoms with Gasteiger partial charge in [-0.05, 0) is 39.2 Å². The number of carbonyl (C=O) groups excluding carboxylic acids is 2. The molecule has 0 aliphatic heterocycles. The standard InChI is InChI=1S/C20H30O4/c1-6-11-17(21)23-19(3,4)20(5,24-18(22)12-7-2)15-16-13-9-8-10-14-16/h8-10,13-14H,6-7,11-12,15H2,1-5H3. The van der Waals surface area contributed by atoms with Gasteiger partial charge in [-0.25, -0.2) is 0 Å². The van der Waals surface area contributed by atoms with Crippen LogP contribution in [0.4, 0.5) is 0 Å². The first kappa shape index (κ1) is 20.2. The van der Waals surface area contributed by atoms with Gasteiger partial charge in [-0.2, -0.15) is 0 Å². The van der Waals surface area contributed by atoms with Gasteiger partial charge in [-0.1, -0.05) is 44.2 Å². The summed E-state index contributed by atoms with van der Waals surface area (Å²) >= 11 is 0. The Bertz CT molecular complexity index is 536. The molecular weight excluding hydrogens is 304 g/mol. The molecule has 0 fully saturated rings. The van der Waals surface area contributed by atoms with Gasteiger partial charge in [0.15, 0.2) is 5.60 Å². The highest BCUT2D eigenvalue weighted by Gasteiger charge is 2.47. The summed E-state index contributed by atoms with van der Waals surface area (Å²) in [4.78, 5) is 24.2. The smallest absolute Gasteiger partial charge is 0.306 e. The summed E-state index contributed by atoms with van der Waals surface area (Å²) in [7, 11) is 0. The van der Waals surface area contributed by atoms with E-state index in [1.165, 1.54) is 0 Å². The normalized spacial score (nSPS) is 13.9. The second kappa shape index (κ2) is 8.86. The minimum atomic E-state index is -0.940. The molecule has 1 aromatic carbocycles. The van der Waals surface area contributed by atoms with Crippen molar-refractivity contribution in [1.29, 1.82) is 0 Å². The first-order chi connectivity index (χ1) is 11.2. The van der Waals surface area contributed by atoms with Crippen molar-refractivity contribution in [2.75, 3.05) is 0 Å². The highest BCUT2D eigenvalue weighted by atomic mass is 16.6. The highest BCUT2D eigenvalue weighted by molar-refractivity contribution is 5.71. The van der Waals surface area contributed by atoms with Crippen LogP contribution in [0, 0.1) is 0 Å². The third kappa shape index (κ3) is 5.66. The lowest BCUT2D eigenvalue weighted by Crippen LogP contribution is -2.55. The second-order valence-electron chi connectivity index (χ2n) is 6.85. The Labute approximate surface area is 145 Å². The van der Waals surface area contributed by atoms with Crippen molar-refractivity contribution in [3.8, 4) is 0 Å². The van der Waals surface area contributed by atoms with E-state index in [2.05, 4.69) is 0 Å². The van der Waals surface area contributed by atoms with Gasteiger partial charge in [-0.15, -0.1) is 0 Å². The van der Waals surface area contributed by atoms with Crippen LogP contribution in [0.5, 0.6) is 0 Å². The Morgan fingerprint density at radius 2 is 1.38 bits per heavy atom. The molecule has 1 aromatic rings. The van der Waals surface area contributed by atoms with Gasteiger partial charge in [0.2, 0.25) is 0 Å². The van der Waals surface area contributed by atoms with Crippen molar-refractivity contribution in [2.45, 2.75) is 77.9 Å². The third-order valence-electron chi connectivity index (χ3n) is 4.27. The average Bonchev–Trinajstić information content (AvgIpc) is 2.47. The lowest BCUT2D eigenvalue weighted by Gasteiger charge is -2.42. The average molecular weight is 334 g/mol. The highest BCUT2D eigenvalue weighted by Crippen LogP contribution is 2.34. The number of hydrogen-bond acceptors (Lipinski definition) is 4. The van der Waals surface area contributed by atoms with Gasteiger partial charge in [-0.3, -0.25) is 9.59 Å². The molecule has 4 nitrogen and oxygen atoms in total. The van der Waals surface area contributed by atoms with Crippen LogP contribution in [0.15, 0.2) is 30.3 Å². The monoisotopic (exact) mass is 334 g/mol. The zero-order valence-corrected chi connectivity index (χ0v) is 15.6. The molecule has 0 spiro atoms. The van der Waals surface area contributed by atoms with Crippen LogP contribution in [0.2, 0.25) is 0 Å². The van der Waals surface area contributed by atoms with Crippen LogP contribution in [0.1, 0.15) is 65.9 Å². The molecule has 0 aromatic heterocycles. The molecule has 1 unspecified atom stereocenters. The topological polar surface area (TPSA) is 52.6 Å². The Hall–Kier alpha value is -1.84.